The molecule has 0 unspecified atom stereocenters. The third kappa shape index (κ3) is 1.16. The summed E-state index contributed by atoms with van der Waals surface area (Å²) in [6, 6.07) is 8.23. The molecule has 1 aliphatic rings. The number of alkyl halides is 1. The molecule has 0 amide bonds. The third-order valence-corrected chi connectivity index (χ3v) is 2.77. The highest BCUT2D eigenvalue weighted by Crippen LogP contribution is 2.34. The summed E-state index contributed by atoms with van der Waals surface area (Å²) in [5.74, 6) is 1.60. The van der Waals surface area contributed by atoms with Gasteiger partial charge in [-0.15, -0.1) is 0 Å². The van der Waals surface area contributed by atoms with Crippen molar-refractivity contribution in [2.45, 2.75) is 5.92 Å². The first-order valence-corrected chi connectivity index (χ1v) is 4.81. The smallest absolute Gasteiger partial charge is 0.122 e. The van der Waals surface area contributed by atoms with E-state index in [1.165, 1.54) is 5.56 Å². The van der Waals surface area contributed by atoms with Gasteiger partial charge in [-0.3, -0.25) is 0 Å². The summed E-state index contributed by atoms with van der Waals surface area (Å²) in [6.07, 6.45) is 0. The highest BCUT2D eigenvalue weighted by molar-refractivity contribution is 9.09. The number of hydrogen-bond donors (Lipinski definition) is 0. The highest BCUT2D eigenvalue weighted by atomic mass is 79.9. The van der Waals surface area contributed by atoms with Crippen LogP contribution in [0.1, 0.15) is 11.5 Å². The molecule has 2 heteroatoms. The molecular weight excluding hydrogens is 204 g/mol. The number of para-hydroxylation sites is 1. The topological polar surface area (TPSA) is 9.23 Å². The molecule has 0 spiro atoms. The predicted molar refractivity (Wildman–Crippen MR) is 48.5 cm³/mol. The van der Waals surface area contributed by atoms with Crippen molar-refractivity contribution in [3.63, 3.8) is 0 Å². The molecule has 1 heterocycles. The average molecular weight is 213 g/mol. The first-order valence-electron chi connectivity index (χ1n) is 3.69. The summed E-state index contributed by atoms with van der Waals surface area (Å²) in [5, 5.41) is 0.990. The Labute approximate surface area is 74.5 Å². The van der Waals surface area contributed by atoms with E-state index >= 15 is 0 Å². The predicted octanol–water partition coefficient (Wildman–Crippen LogP) is 2.56. The van der Waals surface area contributed by atoms with Crippen molar-refractivity contribution in [2.75, 3.05) is 11.9 Å². The number of fused-ring (bicyclic) bond motifs is 1. The standard InChI is InChI=1S/C9H9BrO/c10-5-7-6-11-9-4-2-1-3-8(7)9/h1-4,7H,5-6H2/t7-/m1/s1. The summed E-state index contributed by atoms with van der Waals surface area (Å²) in [4.78, 5) is 0. The molecule has 0 aliphatic carbocycles. The molecule has 1 aromatic rings. The number of benzene rings is 1. The summed E-state index contributed by atoms with van der Waals surface area (Å²) in [5.41, 5.74) is 1.34. The van der Waals surface area contributed by atoms with Crippen LogP contribution < -0.4 is 4.74 Å². The summed E-state index contributed by atoms with van der Waals surface area (Å²) in [6.45, 7) is 0.824. The highest BCUT2D eigenvalue weighted by Gasteiger charge is 2.21. The van der Waals surface area contributed by atoms with Gasteiger partial charge in [-0.2, -0.15) is 0 Å². The van der Waals surface area contributed by atoms with Crippen LogP contribution in [0.5, 0.6) is 5.75 Å². The first-order chi connectivity index (χ1) is 5.42. The van der Waals surface area contributed by atoms with Gasteiger partial charge in [0.1, 0.15) is 5.75 Å². The lowest BCUT2D eigenvalue weighted by Gasteiger charge is -2.00. The average Bonchev–Trinajstić information content (AvgIpc) is 2.47. The van der Waals surface area contributed by atoms with Crippen LogP contribution in [0.15, 0.2) is 24.3 Å². The second-order valence-corrected chi connectivity index (χ2v) is 3.35. The molecular formula is C9H9BrO. The van der Waals surface area contributed by atoms with Crippen molar-refractivity contribution >= 4 is 15.9 Å². The maximum atomic E-state index is 5.47. The molecule has 1 aromatic carbocycles. The van der Waals surface area contributed by atoms with Crippen LogP contribution in [0.25, 0.3) is 0 Å². The quantitative estimate of drug-likeness (QED) is 0.651. The zero-order chi connectivity index (χ0) is 7.68. The van der Waals surface area contributed by atoms with Gasteiger partial charge in [0.25, 0.3) is 0 Å². The summed E-state index contributed by atoms with van der Waals surface area (Å²) >= 11 is 3.47. The van der Waals surface area contributed by atoms with Gasteiger partial charge in [0.2, 0.25) is 0 Å². The largest absolute Gasteiger partial charge is 0.493 e. The molecule has 0 N–H and O–H groups in total. The second-order valence-electron chi connectivity index (χ2n) is 2.70. The molecule has 0 fully saturated rings. The number of hydrogen-bond acceptors (Lipinski definition) is 1. The van der Waals surface area contributed by atoms with Gasteiger partial charge in [-0.25, -0.2) is 0 Å². The van der Waals surface area contributed by atoms with E-state index in [1.807, 2.05) is 12.1 Å². The van der Waals surface area contributed by atoms with E-state index < -0.39 is 0 Å². The monoisotopic (exact) mass is 212 g/mol. The Bertz CT molecular complexity index is 259. The van der Waals surface area contributed by atoms with Crippen molar-refractivity contribution in [3.05, 3.63) is 29.8 Å². The lowest BCUT2D eigenvalue weighted by Crippen LogP contribution is -2.00. The molecule has 0 bridgehead atoms. The maximum Gasteiger partial charge on any atom is 0.122 e. The fourth-order valence-corrected chi connectivity index (χ4v) is 1.89. The normalized spacial score (nSPS) is 21.0. The first kappa shape index (κ1) is 7.17. The van der Waals surface area contributed by atoms with E-state index in [4.69, 9.17) is 4.74 Å². The fourth-order valence-electron chi connectivity index (χ4n) is 1.36. The van der Waals surface area contributed by atoms with Crippen LogP contribution in [0.3, 0.4) is 0 Å². The SMILES string of the molecule is BrC[C@@H]1COc2ccccc21. The zero-order valence-electron chi connectivity index (χ0n) is 6.09. The van der Waals surface area contributed by atoms with Crippen LogP contribution in [0.4, 0.5) is 0 Å². The third-order valence-electron chi connectivity index (χ3n) is 1.99. The van der Waals surface area contributed by atoms with E-state index in [-0.39, 0.29) is 0 Å². The maximum absolute atomic E-state index is 5.47. The molecule has 0 radical (unpaired) electrons. The van der Waals surface area contributed by atoms with E-state index in [1.54, 1.807) is 0 Å². The van der Waals surface area contributed by atoms with Gasteiger partial charge in [0.05, 0.1) is 6.61 Å². The van der Waals surface area contributed by atoms with Crippen molar-refractivity contribution in [1.82, 2.24) is 0 Å². The van der Waals surface area contributed by atoms with Crippen LogP contribution >= 0.6 is 15.9 Å². The molecule has 0 saturated carbocycles. The molecule has 1 atom stereocenters. The lowest BCUT2D eigenvalue weighted by molar-refractivity contribution is 0.339. The molecule has 0 aromatic heterocycles. The van der Waals surface area contributed by atoms with E-state index in [0.717, 1.165) is 17.7 Å². The minimum absolute atomic E-state index is 0.547. The zero-order valence-corrected chi connectivity index (χ0v) is 7.67. The molecule has 1 nitrogen and oxygen atoms in total. The van der Waals surface area contributed by atoms with Crippen LogP contribution in [-0.4, -0.2) is 11.9 Å². The molecule has 58 valence electrons. The van der Waals surface area contributed by atoms with Crippen LogP contribution in [0, 0.1) is 0 Å². The minimum atomic E-state index is 0.547. The van der Waals surface area contributed by atoms with Gasteiger partial charge in [0, 0.05) is 16.8 Å². The van der Waals surface area contributed by atoms with Gasteiger partial charge < -0.3 is 4.74 Å². The van der Waals surface area contributed by atoms with Crippen molar-refractivity contribution in [2.24, 2.45) is 0 Å². The number of rotatable bonds is 1. The number of ether oxygens (including phenoxy) is 1. The Balaban J connectivity index is 2.39. The Morgan fingerprint density at radius 2 is 2.27 bits per heavy atom. The van der Waals surface area contributed by atoms with E-state index in [0.29, 0.717) is 5.92 Å². The van der Waals surface area contributed by atoms with E-state index in [2.05, 4.69) is 28.1 Å². The fraction of sp³-hybridized carbons (Fsp3) is 0.333. The number of halogens is 1. The Kier molecular flexibility index (Phi) is 1.86. The summed E-state index contributed by atoms with van der Waals surface area (Å²) in [7, 11) is 0. The molecule has 2 rings (SSSR count). The van der Waals surface area contributed by atoms with Crippen LogP contribution in [0.2, 0.25) is 0 Å². The Morgan fingerprint density at radius 1 is 1.45 bits per heavy atom. The molecule has 1 aliphatic heterocycles. The Hall–Kier alpha value is -0.500. The van der Waals surface area contributed by atoms with Gasteiger partial charge in [0.15, 0.2) is 0 Å². The van der Waals surface area contributed by atoms with Crippen LogP contribution in [-0.2, 0) is 0 Å². The summed E-state index contributed by atoms with van der Waals surface area (Å²) < 4.78 is 5.47. The van der Waals surface area contributed by atoms with Gasteiger partial charge in [-0.1, -0.05) is 34.1 Å². The second kappa shape index (κ2) is 2.86. The molecule has 0 saturated heterocycles. The van der Waals surface area contributed by atoms with E-state index in [9.17, 15) is 0 Å². The minimum Gasteiger partial charge on any atom is -0.493 e. The van der Waals surface area contributed by atoms with Gasteiger partial charge >= 0.3 is 0 Å². The van der Waals surface area contributed by atoms with Crippen molar-refractivity contribution < 1.29 is 4.74 Å². The van der Waals surface area contributed by atoms with Gasteiger partial charge in [-0.05, 0) is 6.07 Å². The van der Waals surface area contributed by atoms with Crippen molar-refractivity contribution in [1.29, 1.82) is 0 Å². The van der Waals surface area contributed by atoms with Crippen molar-refractivity contribution in [3.8, 4) is 5.75 Å². The molecule has 11 heavy (non-hydrogen) atoms. The lowest BCUT2D eigenvalue weighted by atomic mass is 10.0. The Morgan fingerprint density at radius 3 is 3.09 bits per heavy atom.